The molecule has 1 aromatic carbocycles. The van der Waals surface area contributed by atoms with E-state index in [4.69, 9.17) is 32.4 Å². The van der Waals surface area contributed by atoms with Gasteiger partial charge in [-0.05, 0) is 116 Å². The third-order valence-electron chi connectivity index (χ3n) is 7.32. The van der Waals surface area contributed by atoms with Crippen LogP contribution in [0.4, 0.5) is 0 Å². The minimum Gasteiger partial charge on any atom is -0.347 e. The average molecular weight is 610 g/mol. The van der Waals surface area contributed by atoms with E-state index >= 15 is 0 Å². The number of rotatable bonds is 20. The van der Waals surface area contributed by atoms with Gasteiger partial charge in [-0.15, -0.1) is 0 Å². The maximum Gasteiger partial charge on any atom is 0.168 e. The van der Waals surface area contributed by atoms with E-state index in [1.165, 1.54) is 50.5 Å². The molecule has 1 heterocycles. The summed E-state index contributed by atoms with van der Waals surface area (Å²) in [6.45, 7) is 14.6. The second-order valence-electron chi connectivity index (χ2n) is 11.4. The molecule has 1 aromatic rings. The number of benzene rings is 1. The molecule has 1 spiro atoms. The molecule has 1 saturated heterocycles. The quantitative estimate of drug-likeness (QED) is 0.109. The molecule has 9 heteroatoms. The van der Waals surface area contributed by atoms with Crippen LogP contribution < -0.4 is 38.9 Å². The zero-order chi connectivity index (χ0) is 31.7. The molecule has 3 rings (SSSR count). The lowest BCUT2D eigenvalue weighted by atomic mass is 10.1. The molecule has 1 aliphatic heterocycles. The molecule has 0 amide bonds. The summed E-state index contributed by atoms with van der Waals surface area (Å²) in [5.41, 5.74) is 22.7. The Hall–Kier alpha value is -1.14. The Bertz CT molecular complexity index is 639. The number of hydrogen-bond donors (Lipinski definition) is 7. The van der Waals surface area contributed by atoms with Crippen molar-refractivity contribution in [2.75, 3.05) is 65.5 Å². The molecule has 1 unspecified atom stereocenters. The van der Waals surface area contributed by atoms with Crippen LogP contribution in [0.3, 0.4) is 0 Å². The summed E-state index contributed by atoms with van der Waals surface area (Å²) in [5.74, 6) is -0.173. The molecule has 9 nitrogen and oxygen atoms in total. The van der Waals surface area contributed by atoms with Crippen molar-refractivity contribution in [3.63, 3.8) is 0 Å². The van der Waals surface area contributed by atoms with Crippen LogP contribution in [-0.2, 0) is 16.0 Å². The molecule has 2 aliphatic rings. The smallest absolute Gasteiger partial charge is 0.168 e. The summed E-state index contributed by atoms with van der Waals surface area (Å²) >= 11 is 0. The maximum absolute atomic E-state index is 5.99. The van der Waals surface area contributed by atoms with E-state index in [-0.39, 0.29) is 5.79 Å². The first-order chi connectivity index (χ1) is 21.1. The highest BCUT2D eigenvalue weighted by Gasteiger charge is 2.43. The third-order valence-corrected chi connectivity index (χ3v) is 7.32. The van der Waals surface area contributed by atoms with Crippen molar-refractivity contribution in [3.8, 4) is 0 Å². The van der Waals surface area contributed by atoms with E-state index in [2.05, 4.69) is 54.1 Å². The van der Waals surface area contributed by atoms with Gasteiger partial charge in [-0.2, -0.15) is 0 Å². The second kappa shape index (κ2) is 32.3. The van der Waals surface area contributed by atoms with Gasteiger partial charge in [-0.1, -0.05) is 50.6 Å². The van der Waals surface area contributed by atoms with E-state index in [1.54, 1.807) is 0 Å². The summed E-state index contributed by atoms with van der Waals surface area (Å²) in [4.78, 5) is 0. The fourth-order valence-electron chi connectivity index (χ4n) is 4.77. The molecule has 254 valence electrons. The molecule has 0 radical (unpaired) electrons. The molecule has 0 aromatic heterocycles. The van der Waals surface area contributed by atoms with Gasteiger partial charge in [0, 0.05) is 32.5 Å². The van der Waals surface area contributed by atoms with Crippen molar-refractivity contribution >= 4 is 0 Å². The monoisotopic (exact) mass is 610 g/mol. The molecule has 1 saturated carbocycles. The normalized spacial score (nSPS) is 16.6. The Balaban J connectivity index is 0.000000567. The van der Waals surface area contributed by atoms with Crippen molar-refractivity contribution in [2.24, 2.45) is 22.9 Å². The van der Waals surface area contributed by atoms with Crippen molar-refractivity contribution in [3.05, 3.63) is 35.9 Å². The lowest BCUT2D eigenvalue weighted by Gasteiger charge is -2.21. The standard InChI is InChI=1S/C11H18N2.C11H21NO2.2C6H16N2/c12-8-4-5-9-13-10-11-6-2-1-3-7-11;12-8-4-1-5-10-9-13-11(14-10)6-2-3-7-11;1-2-8-6-4-3-5-7;1-2-3-5-8-6-4-7/h1-3,6-7,13H,4-5,8-10,12H2;10H,1-9,12H2;2*8H,2-7H2,1H3. The molecule has 11 N–H and O–H groups in total. The zero-order valence-corrected chi connectivity index (χ0v) is 28.1. The highest BCUT2D eigenvalue weighted by atomic mass is 16.7. The van der Waals surface area contributed by atoms with Gasteiger partial charge in [0.1, 0.15) is 0 Å². The molecule has 0 bridgehead atoms. The summed E-state index contributed by atoms with van der Waals surface area (Å²) < 4.78 is 11.8. The van der Waals surface area contributed by atoms with Crippen LogP contribution in [0.15, 0.2) is 30.3 Å². The maximum atomic E-state index is 5.99. The van der Waals surface area contributed by atoms with Gasteiger partial charge < -0.3 is 48.4 Å². The number of nitrogens with one attached hydrogen (secondary N) is 3. The fraction of sp³-hybridized carbons (Fsp3) is 0.824. The largest absolute Gasteiger partial charge is 0.347 e. The van der Waals surface area contributed by atoms with E-state index in [1.807, 2.05) is 6.07 Å². The predicted octanol–water partition coefficient (Wildman–Crippen LogP) is 3.99. The average Bonchev–Trinajstić information content (AvgIpc) is 3.68. The first kappa shape index (κ1) is 41.9. The van der Waals surface area contributed by atoms with Crippen LogP contribution in [0.25, 0.3) is 0 Å². The molecule has 1 atom stereocenters. The SMILES string of the molecule is CCCCNCCN.CCNCCCCN.NCCCCC1COC2(CCCC2)O1.NCCCCNCc1ccccc1. The van der Waals surface area contributed by atoms with Crippen LogP contribution in [0.2, 0.25) is 0 Å². The molecule has 1 aliphatic carbocycles. The van der Waals surface area contributed by atoms with Gasteiger partial charge in [0.15, 0.2) is 5.79 Å². The number of nitrogens with two attached hydrogens (primary N) is 4. The summed E-state index contributed by atoms with van der Waals surface area (Å²) in [6.07, 6.45) is 15.6. The van der Waals surface area contributed by atoms with Gasteiger partial charge >= 0.3 is 0 Å². The van der Waals surface area contributed by atoms with Gasteiger partial charge in [-0.3, -0.25) is 0 Å². The Morgan fingerprint density at radius 2 is 1.30 bits per heavy atom. The van der Waals surface area contributed by atoms with Crippen molar-refractivity contribution in [1.29, 1.82) is 0 Å². The minimum atomic E-state index is -0.173. The van der Waals surface area contributed by atoms with Gasteiger partial charge in [0.25, 0.3) is 0 Å². The van der Waals surface area contributed by atoms with Gasteiger partial charge in [-0.25, -0.2) is 0 Å². The zero-order valence-electron chi connectivity index (χ0n) is 28.1. The Labute approximate surface area is 265 Å². The van der Waals surface area contributed by atoms with Crippen molar-refractivity contribution < 1.29 is 9.47 Å². The Morgan fingerprint density at radius 1 is 0.698 bits per heavy atom. The summed E-state index contributed by atoms with van der Waals surface area (Å²) in [7, 11) is 0. The van der Waals surface area contributed by atoms with E-state index in [0.717, 1.165) is 111 Å². The predicted molar refractivity (Wildman–Crippen MR) is 185 cm³/mol. The second-order valence-corrected chi connectivity index (χ2v) is 11.4. The van der Waals surface area contributed by atoms with Crippen LogP contribution in [0.5, 0.6) is 0 Å². The fourth-order valence-corrected chi connectivity index (χ4v) is 4.77. The highest BCUT2D eigenvalue weighted by Crippen LogP contribution is 2.40. The van der Waals surface area contributed by atoms with E-state index < -0.39 is 0 Å². The van der Waals surface area contributed by atoms with Crippen LogP contribution in [0, 0.1) is 0 Å². The molecular weight excluding hydrogens is 538 g/mol. The molecule has 43 heavy (non-hydrogen) atoms. The van der Waals surface area contributed by atoms with Crippen LogP contribution >= 0.6 is 0 Å². The van der Waals surface area contributed by atoms with Crippen LogP contribution in [-0.4, -0.2) is 77.4 Å². The lowest BCUT2D eigenvalue weighted by Crippen LogP contribution is -2.26. The van der Waals surface area contributed by atoms with Crippen molar-refractivity contribution in [2.45, 2.75) is 116 Å². The van der Waals surface area contributed by atoms with Crippen molar-refractivity contribution in [1.82, 2.24) is 16.0 Å². The number of unbranched alkanes of at least 4 members (excludes halogenated alkanes) is 4. The first-order valence-corrected chi connectivity index (χ1v) is 17.4. The number of hydrogen-bond acceptors (Lipinski definition) is 9. The number of ether oxygens (including phenoxy) is 2. The van der Waals surface area contributed by atoms with Crippen LogP contribution in [0.1, 0.15) is 103 Å². The summed E-state index contributed by atoms with van der Waals surface area (Å²) in [6, 6.07) is 10.4. The van der Waals surface area contributed by atoms with E-state index in [0.29, 0.717) is 6.10 Å². The summed E-state index contributed by atoms with van der Waals surface area (Å²) in [5, 5.41) is 9.82. The molecular formula is C34H71N7O2. The van der Waals surface area contributed by atoms with E-state index in [9.17, 15) is 0 Å². The Morgan fingerprint density at radius 3 is 1.88 bits per heavy atom. The first-order valence-electron chi connectivity index (χ1n) is 17.4. The lowest BCUT2D eigenvalue weighted by molar-refractivity contribution is -0.162. The molecule has 2 fully saturated rings. The Kier molecular flexibility index (Phi) is 31.4. The van der Waals surface area contributed by atoms with Gasteiger partial charge in [0.2, 0.25) is 0 Å². The highest BCUT2D eigenvalue weighted by molar-refractivity contribution is 5.14. The third kappa shape index (κ3) is 25.8. The topological polar surface area (TPSA) is 159 Å². The van der Waals surface area contributed by atoms with Gasteiger partial charge in [0.05, 0.1) is 12.7 Å². The minimum absolute atomic E-state index is 0.173.